The van der Waals surface area contributed by atoms with Crippen LogP contribution in [0.4, 0.5) is 11.4 Å². The molecule has 0 bridgehead atoms. The second-order valence-corrected chi connectivity index (χ2v) is 10.2. The number of methoxy groups -OCH3 is 4. The van der Waals surface area contributed by atoms with Gasteiger partial charge in [0.1, 0.15) is 5.75 Å². The van der Waals surface area contributed by atoms with E-state index in [0.717, 1.165) is 22.4 Å². The van der Waals surface area contributed by atoms with Gasteiger partial charge in [0.05, 0.1) is 52.1 Å². The van der Waals surface area contributed by atoms with E-state index in [1.54, 1.807) is 36.3 Å². The molecule has 43 heavy (non-hydrogen) atoms. The number of anilines is 2. The molecular weight excluding hydrogens is 546 g/mol. The van der Waals surface area contributed by atoms with Crippen LogP contribution in [-0.4, -0.2) is 46.3 Å². The van der Waals surface area contributed by atoms with E-state index in [4.69, 9.17) is 24.7 Å². The number of hydrogen-bond acceptors (Lipinski definition) is 7. The number of amides is 2. The molecular formula is C34H35N3O6. The number of rotatable bonds is 11. The van der Waals surface area contributed by atoms with Gasteiger partial charge in [0.2, 0.25) is 17.6 Å². The second kappa shape index (κ2) is 12.9. The minimum Gasteiger partial charge on any atom is -0.497 e. The van der Waals surface area contributed by atoms with Gasteiger partial charge in [0.25, 0.3) is 0 Å². The lowest BCUT2D eigenvalue weighted by atomic mass is 9.77. The zero-order valence-electron chi connectivity index (χ0n) is 24.6. The molecule has 5 rings (SSSR count). The van der Waals surface area contributed by atoms with Gasteiger partial charge in [-0.2, -0.15) is 0 Å². The number of carbonyl (C=O) groups is 2. The zero-order valence-corrected chi connectivity index (χ0v) is 24.6. The third-order valence-electron chi connectivity index (χ3n) is 7.65. The lowest BCUT2D eigenvalue weighted by molar-refractivity contribution is -0.126. The number of ether oxygens (including phenoxy) is 4. The number of nitrogens with two attached hydrogens (primary N) is 1. The van der Waals surface area contributed by atoms with Gasteiger partial charge in [0.15, 0.2) is 11.5 Å². The molecule has 1 aliphatic rings. The van der Waals surface area contributed by atoms with E-state index < -0.39 is 12.0 Å². The number of carbonyl (C=O) groups excluding carboxylic acids is 2. The Morgan fingerprint density at radius 3 is 1.98 bits per heavy atom. The maximum absolute atomic E-state index is 13.9. The van der Waals surface area contributed by atoms with Crippen LogP contribution >= 0.6 is 0 Å². The summed E-state index contributed by atoms with van der Waals surface area (Å²) in [6, 6.07) is 27.1. The van der Waals surface area contributed by atoms with Gasteiger partial charge in [-0.3, -0.25) is 9.59 Å². The van der Waals surface area contributed by atoms with Crippen molar-refractivity contribution in [2.75, 3.05) is 38.7 Å². The molecule has 3 atom stereocenters. The number of benzene rings is 4. The highest BCUT2D eigenvalue weighted by atomic mass is 16.5. The number of nitrogens with zero attached hydrogens (tertiary/aromatic N) is 1. The Labute approximate surface area is 251 Å². The van der Waals surface area contributed by atoms with Crippen molar-refractivity contribution in [2.45, 2.75) is 24.4 Å². The summed E-state index contributed by atoms with van der Waals surface area (Å²) < 4.78 is 21.9. The predicted molar refractivity (Wildman–Crippen MR) is 165 cm³/mol. The van der Waals surface area contributed by atoms with Crippen LogP contribution < -0.4 is 34.9 Å². The minimum absolute atomic E-state index is 0.0863. The molecule has 222 valence electrons. The Bertz CT molecular complexity index is 1550. The van der Waals surface area contributed by atoms with Crippen LogP contribution in [0.5, 0.6) is 23.0 Å². The molecule has 0 aliphatic carbocycles. The first-order valence-corrected chi connectivity index (χ1v) is 13.9. The summed E-state index contributed by atoms with van der Waals surface area (Å²) in [6.07, 6.45) is 0.432. The van der Waals surface area contributed by atoms with Crippen molar-refractivity contribution in [1.82, 2.24) is 0 Å². The molecule has 4 aromatic carbocycles. The van der Waals surface area contributed by atoms with Crippen LogP contribution in [0.1, 0.15) is 28.7 Å². The highest BCUT2D eigenvalue weighted by molar-refractivity contribution is 6.07. The smallest absolute Gasteiger partial charge is 0.241 e. The third-order valence-corrected chi connectivity index (χ3v) is 7.65. The fourth-order valence-electron chi connectivity index (χ4n) is 5.42. The van der Waals surface area contributed by atoms with E-state index in [0.29, 0.717) is 35.0 Å². The largest absolute Gasteiger partial charge is 0.497 e. The number of nitrogens with one attached hydrogen (secondary N) is 1. The lowest BCUT2D eigenvalue weighted by Gasteiger charge is -2.48. The summed E-state index contributed by atoms with van der Waals surface area (Å²) in [5, 5.41) is 2.89. The van der Waals surface area contributed by atoms with Gasteiger partial charge in [-0.25, -0.2) is 0 Å². The van der Waals surface area contributed by atoms with Gasteiger partial charge in [0, 0.05) is 17.8 Å². The molecule has 1 saturated heterocycles. The summed E-state index contributed by atoms with van der Waals surface area (Å²) >= 11 is 0. The van der Waals surface area contributed by atoms with Crippen LogP contribution in [0.2, 0.25) is 0 Å². The summed E-state index contributed by atoms with van der Waals surface area (Å²) in [5.41, 5.74) is 10.1. The van der Waals surface area contributed by atoms with Crippen molar-refractivity contribution in [2.24, 2.45) is 5.73 Å². The Balaban J connectivity index is 1.41. The van der Waals surface area contributed by atoms with Crippen LogP contribution in [0.3, 0.4) is 0 Å². The summed E-state index contributed by atoms with van der Waals surface area (Å²) in [5.74, 6) is 1.24. The molecule has 2 amide bonds. The summed E-state index contributed by atoms with van der Waals surface area (Å²) in [6.45, 7) is 0. The number of β-lactam (4-membered cyclic amide) rings is 1. The van der Waals surface area contributed by atoms with Crippen molar-refractivity contribution < 1.29 is 28.5 Å². The van der Waals surface area contributed by atoms with Crippen molar-refractivity contribution >= 4 is 23.2 Å². The van der Waals surface area contributed by atoms with Crippen LogP contribution in [0.25, 0.3) is 0 Å². The highest BCUT2D eigenvalue weighted by Gasteiger charge is 2.50. The van der Waals surface area contributed by atoms with Crippen molar-refractivity contribution in [3.63, 3.8) is 0 Å². The van der Waals surface area contributed by atoms with Gasteiger partial charge in [-0.05, 0) is 47.4 Å². The molecule has 0 spiro atoms. The normalized spacial score (nSPS) is 16.6. The minimum atomic E-state index is -0.693. The van der Waals surface area contributed by atoms with Crippen LogP contribution in [-0.2, 0) is 16.0 Å². The Morgan fingerprint density at radius 2 is 1.42 bits per heavy atom. The molecule has 9 nitrogen and oxygen atoms in total. The third kappa shape index (κ3) is 5.98. The van der Waals surface area contributed by atoms with Crippen LogP contribution in [0.15, 0.2) is 91.0 Å². The van der Waals surface area contributed by atoms with E-state index >= 15 is 0 Å². The monoisotopic (exact) mass is 581 g/mol. The SMILES string of the molecule is COc1ccc([C@H]2[C@H](c3ccc(NC(=O)C(N)Cc4ccccc4)cc3)C(=O)N2c2cc(OC)c(OC)c(OC)c2)cc1. The van der Waals surface area contributed by atoms with E-state index in [1.165, 1.54) is 21.3 Å². The highest BCUT2D eigenvalue weighted by Crippen LogP contribution is 2.52. The van der Waals surface area contributed by atoms with Gasteiger partial charge in [-0.15, -0.1) is 0 Å². The fourth-order valence-corrected chi connectivity index (χ4v) is 5.42. The molecule has 1 fully saturated rings. The first-order chi connectivity index (χ1) is 20.9. The van der Waals surface area contributed by atoms with Gasteiger partial charge in [-0.1, -0.05) is 54.6 Å². The fraction of sp³-hybridized carbons (Fsp3) is 0.235. The van der Waals surface area contributed by atoms with Gasteiger partial charge < -0.3 is 34.9 Å². The molecule has 1 unspecified atom stereocenters. The van der Waals surface area contributed by atoms with Crippen LogP contribution in [0, 0.1) is 0 Å². The van der Waals surface area contributed by atoms with E-state index in [2.05, 4.69) is 5.32 Å². The lowest BCUT2D eigenvalue weighted by Crippen LogP contribution is -2.53. The van der Waals surface area contributed by atoms with Crippen molar-refractivity contribution in [1.29, 1.82) is 0 Å². The summed E-state index contributed by atoms with van der Waals surface area (Å²) in [7, 11) is 6.23. The first kappa shape index (κ1) is 29.5. The molecule has 0 aromatic heterocycles. The second-order valence-electron chi connectivity index (χ2n) is 10.2. The molecule has 9 heteroatoms. The average molecular weight is 582 g/mol. The standard InChI is InChI=1S/C34H35N3O6/c1-40-26-16-12-23(13-17-26)31-30(34(39)37(31)25-19-28(41-2)32(43-4)29(20-25)42-3)22-10-14-24(15-11-22)36-33(38)27(35)18-21-8-6-5-7-9-21/h5-17,19-20,27,30-31H,18,35H2,1-4H3,(H,36,38)/t27?,30-,31-/m0/s1. The van der Waals surface area contributed by atoms with E-state index in [9.17, 15) is 9.59 Å². The maximum atomic E-state index is 13.9. The topological polar surface area (TPSA) is 112 Å². The maximum Gasteiger partial charge on any atom is 0.241 e. The Morgan fingerprint density at radius 1 is 0.814 bits per heavy atom. The molecule has 1 heterocycles. The van der Waals surface area contributed by atoms with E-state index in [-0.39, 0.29) is 17.9 Å². The Hall–Kier alpha value is -5.02. The summed E-state index contributed by atoms with van der Waals surface area (Å²) in [4.78, 5) is 28.3. The van der Waals surface area contributed by atoms with Crippen molar-refractivity contribution in [3.8, 4) is 23.0 Å². The van der Waals surface area contributed by atoms with Crippen molar-refractivity contribution in [3.05, 3.63) is 108 Å². The first-order valence-electron chi connectivity index (χ1n) is 13.9. The molecule has 0 radical (unpaired) electrons. The van der Waals surface area contributed by atoms with E-state index in [1.807, 2.05) is 66.7 Å². The molecule has 4 aromatic rings. The van der Waals surface area contributed by atoms with Gasteiger partial charge >= 0.3 is 0 Å². The quantitative estimate of drug-likeness (QED) is 0.237. The average Bonchev–Trinajstić information content (AvgIpc) is 3.04. The Kier molecular flexibility index (Phi) is 8.82. The molecule has 1 aliphatic heterocycles. The molecule has 3 N–H and O–H groups in total. The zero-order chi connectivity index (χ0) is 30.5. The number of hydrogen-bond donors (Lipinski definition) is 2. The molecule has 0 saturated carbocycles. The predicted octanol–water partition coefficient (Wildman–Crippen LogP) is 5.10.